The summed E-state index contributed by atoms with van der Waals surface area (Å²) in [6, 6.07) is 3.96. The molecule has 0 atom stereocenters. The third-order valence-corrected chi connectivity index (χ3v) is 5.49. The Morgan fingerprint density at radius 1 is 1.17 bits per heavy atom. The molecular weight excluding hydrogens is 316 g/mol. The average Bonchev–Trinajstić information content (AvgIpc) is 2.48. The largest absolute Gasteiger partial charge is 0.496 e. The number of amides is 1. The second kappa shape index (κ2) is 6.88. The van der Waals surface area contributed by atoms with Crippen molar-refractivity contribution in [2.24, 2.45) is 0 Å². The fraction of sp³-hybridized carbons (Fsp3) is 0.562. The number of hydrogen-bond acceptors (Lipinski definition) is 4. The molecule has 0 bridgehead atoms. The average molecular weight is 340 g/mol. The number of rotatable bonds is 4. The van der Waals surface area contributed by atoms with Crippen LogP contribution < -0.4 is 4.74 Å². The van der Waals surface area contributed by atoms with E-state index in [1.807, 2.05) is 26.0 Å². The van der Waals surface area contributed by atoms with Gasteiger partial charge in [0.15, 0.2) is 0 Å². The van der Waals surface area contributed by atoms with E-state index in [0.717, 1.165) is 22.4 Å². The lowest BCUT2D eigenvalue weighted by Gasteiger charge is -2.33. The molecule has 1 amide bonds. The van der Waals surface area contributed by atoms with Crippen molar-refractivity contribution in [2.45, 2.75) is 20.3 Å². The molecule has 1 heterocycles. The first-order chi connectivity index (χ1) is 10.7. The van der Waals surface area contributed by atoms with Crippen molar-refractivity contribution >= 4 is 15.9 Å². The highest BCUT2D eigenvalue weighted by Gasteiger charge is 2.26. The number of ether oxygens (including phenoxy) is 1. The van der Waals surface area contributed by atoms with Crippen molar-refractivity contribution in [1.82, 2.24) is 9.21 Å². The molecule has 2 rings (SSSR count). The molecule has 7 heteroatoms. The highest BCUT2D eigenvalue weighted by Crippen LogP contribution is 2.25. The van der Waals surface area contributed by atoms with E-state index >= 15 is 0 Å². The zero-order valence-corrected chi connectivity index (χ0v) is 14.9. The number of benzene rings is 1. The molecule has 128 valence electrons. The Labute approximate surface area is 138 Å². The summed E-state index contributed by atoms with van der Waals surface area (Å²) in [5.41, 5.74) is 3.02. The van der Waals surface area contributed by atoms with Crippen LogP contribution in [0.25, 0.3) is 0 Å². The third-order valence-electron chi connectivity index (χ3n) is 4.18. The lowest BCUT2D eigenvalue weighted by Crippen LogP contribution is -2.50. The fourth-order valence-electron chi connectivity index (χ4n) is 2.90. The molecule has 1 aromatic carbocycles. The number of methoxy groups -OCH3 is 1. The second-order valence-corrected chi connectivity index (χ2v) is 7.96. The smallest absolute Gasteiger partial charge is 0.227 e. The molecule has 0 N–H and O–H groups in total. The van der Waals surface area contributed by atoms with Gasteiger partial charge in [0, 0.05) is 31.7 Å². The van der Waals surface area contributed by atoms with Gasteiger partial charge in [0.1, 0.15) is 5.75 Å². The van der Waals surface area contributed by atoms with Gasteiger partial charge in [-0.1, -0.05) is 6.07 Å². The van der Waals surface area contributed by atoms with Gasteiger partial charge in [-0.05, 0) is 31.0 Å². The molecule has 1 saturated heterocycles. The Bertz CT molecular complexity index is 692. The molecule has 6 nitrogen and oxygen atoms in total. The van der Waals surface area contributed by atoms with E-state index < -0.39 is 10.0 Å². The van der Waals surface area contributed by atoms with E-state index in [2.05, 4.69) is 0 Å². The molecule has 0 unspecified atom stereocenters. The number of piperazine rings is 1. The molecule has 0 aromatic heterocycles. The Hall–Kier alpha value is -1.60. The van der Waals surface area contributed by atoms with Gasteiger partial charge in [-0.3, -0.25) is 4.79 Å². The molecule has 1 fully saturated rings. The normalized spacial score (nSPS) is 16.4. The van der Waals surface area contributed by atoms with Crippen LogP contribution in [0.1, 0.15) is 16.7 Å². The van der Waals surface area contributed by atoms with E-state index in [1.165, 1.54) is 10.6 Å². The van der Waals surface area contributed by atoms with Crippen molar-refractivity contribution in [3.8, 4) is 5.75 Å². The third kappa shape index (κ3) is 4.23. The molecule has 1 aliphatic heterocycles. The van der Waals surface area contributed by atoms with Gasteiger partial charge >= 0.3 is 0 Å². The number of hydrogen-bond donors (Lipinski definition) is 0. The van der Waals surface area contributed by atoms with Gasteiger partial charge in [-0.15, -0.1) is 0 Å². The minimum atomic E-state index is -3.18. The standard InChI is InChI=1S/C16H24N2O4S/c1-12-9-13(2)14(15(10-12)22-3)11-16(19)17-5-7-18(8-6-17)23(4,20)21/h9-10H,5-8,11H2,1-4H3. The van der Waals surface area contributed by atoms with Crippen LogP contribution in [0.2, 0.25) is 0 Å². The summed E-state index contributed by atoms with van der Waals surface area (Å²) in [7, 11) is -1.58. The van der Waals surface area contributed by atoms with Crippen molar-refractivity contribution in [3.05, 3.63) is 28.8 Å². The lowest BCUT2D eigenvalue weighted by atomic mass is 10.0. The van der Waals surface area contributed by atoms with E-state index in [-0.39, 0.29) is 12.3 Å². The first-order valence-electron chi connectivity index (χ1n) is 7.59. The van der Waals surface area contributed by atoms with Crippen LogP contribution in [0.5, 0.6) is 5.75 Å². The van der Waals surface area contributed by atoms with Crippen LogP contribution in [-0.4, -0.2) is 63.1 Å². The predicted molar refractivity (Wildman–Crippen MR) is 89.2 cm³/mol. The number of nitrogens with zero attached hydrogens (tertiary/aromatic N) is 2. The quantitative estimate of drug-likeness (QED) is 0.819. The highest BCUT2D eigenvalue weighted by atomic mass is 32.2. The van der Waals surface area contributed by atoms with Crippen molar-refractivity contribution in [3.63, 3.8) is 0 Å². The zero-order valence-electron chi connectivity index (χ0n) is 14.1. The summed E-state index contributed by atoms with van der Waals surface area (Å²) in [6.07, 6.45) is 1.47. The second-order valence-electron chi connectivity index (χ2n) is 5.98. The summed E-state index contributed by atoms with van der Waals surface area (Å²) in [5.74, 6) is 0.731. The Morgan fingerprint density at radius 2 is 1.78 bits per heavy atom. The summed E-state index contributed by atoms with van der Waals surface area (Å²) in [6.45, 7) is 5.53. The first-order valence-corrected chi connectivity index (χ1v) is 9.44. The minimum absolute atomic E-state index is 0.00315. The number of aryl methyl sites for hydroxylation is 2. The Kier molecular flexibility index (Phi) is 5.31. The van der Waals surface area contributed by atoms with Gasteiger partial charge in [-0.25, -0.2) is 8.42 Å². The van der Waals surface area contributed by atoms with Crippen LogP contribution in [0.3, 0.4) is 0 Å². The summed E-state index contributed by atoms with van der Waals surface area (Å²) < 4.78 is 29.8. The molecule has 1 aromatic rings. The van der Waals surface area contributed by atoms with Crippen LogP contribution in [0, 0.1) is 13.8 Å². The predicted octanol–water partition coefficient (Wildman–Crippen LogP) is 0.958. The molecule has 0 radical (unpaired) electrons. The Balaban J connectivity index is 2.07. The number of carbonyl (C=O) groups is 1. The number of sulfonamides is 1. The maximum absolute atomic E-state index is 12.5. The van der Waals surface area contributed by atoms with Crippen LogP contribution in [-0.2, 0) is 21.2 Å². The minimum Gasteiger partial charge on any atom is -0.496 e. The Morgan fingerprint density at radius 3 is 2.30 bits per heavy atom. The van der Waals surface area contributed by atoms with E-state index in [9.17, 15) is 13.2 Å². The van der Waals surface area contributed by atoms with Crippen molar-refractivity contribution in [1.29, 1.82) is 0 Å². The summed E-state index contributed by atoms with van der Waals surface area (Å²) in [5, 5.41) is 0. The maximum atomic E-state index is 12.5. The maximum Gasteiger partial charge on any atom is 0.227 e. The van der Waals surface area contributed by atoms with Crippen molar-refractivity contribution < 1.29 is 17.9 Å². The van der Waals surface area contributed by atoms with E-state index in [0.29, 0.717) is 26.2 Å². The van der Waals surface area contributed by atoms with Gasteiger partial charge in [0.2, 0.25) is 15.9 Å². The molecule has 0 aliphatic carbocycles. The monoisotopic (exact) mass is 340 g/mol. The highest BCUT2D eigenvalue weighted by molar-refractivity contribution is 7.88. The van der Waals surface area contributed by atoms with E-state index in [4.69, 9.17) is 4.74 Å². The van der Waals surface area contributed by atoms with Gasteiger partial charge in [0.25, 0.3) is 0 Å². The SMILES string of the molecule is COc1cc(C)cc(C)c1CC(=O)N1CCN(S(C)(=O)=O)CC1. The van der Waals surface area contributed by atoms with E-state index in [1.54, 1.807) is 12.0 Å². The zero-order chi connectivity index (χ0) is 17.2. The molecule has 0 saturated carbocycles. The summed E-state index contributed by atoms with van der Waals surface area (Å²) in [4.78, 5) is 14.3. The molecule has 23 heavy (non-hydrogen) atoms. The summed E-state index contributed by atoms with van der Waals surface area (Å²) >= 11 is 0. The first kappa shape index (κ1) is 17.7. The van der Waals surface area contributed by atoms with Gasteiger partial charge in [-0.2, -0.15) is 4.31 Å². The molecule has 0 spiro atoms. The van der Waals surface area contributed by atoms with Gasteiger partial charge in [0.05, 0.1) is 19.8 Å². The number of carbonyl (C=O) groups excluding carboxylic acids is 1. The van der Waals surface area contributed by atoms with Crippen LogP contribution >= 0.6 is 0 Å². The van der Waals surface area contributed by atoms with Gasteiger partial charge < -0.3 is 9.64 Å². The fourth-order valence-corrected chi connectivity index (χ4v) is 3.73. The molecule has 1 aliphatic rings. The molecular formula is C16H24N2O4S. The topological polar surface area (TPSA) is 66.9 Å². The van der Waals surface area contributed by atoms with Crippen molar-refractivity contribution in [2.75, 3.05) is 39.5 Å². The van der Waals surface area contributed by atoms with Crippen LogP contribution in [0.15, 0.2) is 12.1 Å². The lowest BCUT2D eigenvalue weighted by molar-refractivity contribution is -0.131. The van der Waals surface area contributed by atoms with Crippen LogP contribution in [0.4, 0.5) is 0 Å².